The molecule has 2 heterocycles. The quantitative estimate of drug-likeness (QED) is 0.866. The average Bonchev–Trinajstić information content (AvgIpc) is 2.82. The molecule has 2 N–H and O–H groups in total. The molecule has 0 aliphatic carbocycles. The van der Waals surface area contributed by atoms with Gasteiger partial charge in [0.05, 0.1) is 23.9 Å². The van der Waals surface area contributed by atoms with E-state index in [0.717, 1.165) is 9.88 Å². The Hall–Kier alpha value is -2.02. The largest absolute Gasteiger partial charge is 0.372 e. The Bertz CT molecular complexity index is 537. The molecule has 1 amide bonds. The molecule has 0 bridgehead atoms. The number of aryl methyl sites for hydroxylation is 1. The summed E-state index contributed by atoms with van der Waals surface area (Å²) in [5.41, 5.74) is 0.301. The molecule has 7 heteroatoms. The van der Waals surface area contributed by atoms with E-state index in [2.05, 4.69) is 25.6 Å². The number of carbonyl (C=O) groups excluding carboxylic acids is 1. The van der Waals surface area contributed by atoms with Gasteiger partial charge in [-0.15, -0.1) is 11.3 Å². The zero-order valence-electron chi connectivity index (χ0n) is 10.1. The second-order valence-electron chi connectivity index (χ2n) is 3.57. The van der Waals surface area contributed by atoms with E-state index < -0.39 is 0 Å². The van der Waals surface area contributed by atoms with Crippen LogP contribution in [0.25, 0.3) is 0 Å². The van der Waals surface area contributed by atoms with Gasteiger partial charge in [0.25, 0.3) is 5.91 Å². The third-order valence-corrected chi connectivity index (χ3v) is 3.15. The summed E-state index contributed by atoms with van der Waals surface area (Å²) in [7, 11) is 1.75. The minimum absolute atomic E-state index is 0.240. The summed E-state index contributed by atoms with van der Waals surface area (Å²) in [6, 6.07) is 0. The van der Waals surface area contributed by atoms with Crippen molar-refractivity contribution in [2.45, 2.75) is 13.5 Å². The van der Waals surface area contributed by atoms with Crippen LogP contribution in [-0.4, -0.2) is 27.9 Å². The van der Waals surface area contributed by atoms with E-state index in [1.54, 1.807) is 24.6 Å². The highest BCUT2D eigenvalue weighted by Crippen LogP contribution is 2.10. The summed E-state index contributed by atoms with van der Waals surface area (Å²) in [5.74, 6) is 0.390. The number of hydrogen-bond donors (Lipinski definition) is 2. The molecule has 0 saturated carbocycles. The van der Waals surface area contributed by atoms with Crippen molar-refractivity contribution in [1.82, 2.24) is 20.3 Å². The average molecular weight is 263 g/mol. The van der Waals surface area contributed by atoms with Crippen LogP contribution < -0.4 is 10.6 Å². The molecule has 0 aliphatic rings. The second kappa shape index (κ2) is 5.54. The van der Waals surface area contributed by atoms with Crippen LogP contribution in [0.2, 0.25) is 0 Å². The minimum Gasteiger partial charge on any atom is -0.372 e. The number of nitrogens with one attached hydrogen (secondary N) is 2. The predicted octanol–water partition coefficient (Wildman–Crippen LogP) is 1.21. The number of amides is 1. The van der Waals surface area contributed by atoms with Crippen LogP contribution in [0.3, 0.4) is 0 Å². The lowest BCUT2D eigenvalue weighted by molar-refractivity contribution is 0.0946. The molecule has 0 spiro atoms. The van der Waals surface area contributed by atoms with Gasteiger partial charge in [0.2, 0.25) is 0 Å². The fourth-order valence-corrected chi connectivity index (χ4v) is 2.05. The third kappa shape index (κ3) is 3.01. The van der Waals surface area contributed by atoms with E-state index >= 15 is 0 Å². The highest BCUT2D eigenvalue weighted by molar-refractivity contribution is 7.11. The fourth-order valence-electron chi connectivity index (χ4n) is 1.32. The zero-order chi connectivity index (χ0) is 13.0. The molecular formula is C11H13N5OS. The number of hydrogen-bond acceptors (Lipinski definition) is 6. The predicted molar refractivity (Wildman–Crippen MR) is 69.6 cm³/mol. The van der Waals surface area contributed by atoms with Gasteiger partial charge in [-0.2, -0.15) is 0 Å². The zero-order valence-corrected chi connectivity index (χ0v) is 10.9. The summed E-state index contributed by atoms with van der Waals surface area (Å²) in [6.45, 7) is 2.39. The fraction of sp³-hybridized carbons (Fsp3) is 0.273. The molecule has 2 aromatic heterocycles. The maximum absolute atomic E-state index is 11.8. The van der Waals surface area contributed by atoms with Gasteiger partial charge in [-0.3, -0.25) is 4.79 Å². The van der Waals surface area contributed by atoms with Gasteiger partial charge in [0.15, 0.2) is 0 Å². The molecule has 18 heavy (non-hydrogen) atoms. The first-order chi connectivity index (χ1) is 8.69. The SMILES string of the molecule is CNc1cnc(C(=O)NCc2cnc(C)s2)cn1. The molecule has 0 radical (unpaired) electrons. The standard InChI is InChI=1S/C11H13N5OS/c1-7-13-3-8(18-7)4-16-11(17)9-5-15-10(12-2)6-14-9/h3,5-6H,4H2,1-2H3,(H,12,15)(H,16,17). The lowest BCUT2D eigenvalue weighted by Crippen LogP contribution is -2.23. The number of nitrogens with zero attached hydrogens (tertiary/aromatic N) is 3. The lowest BCUT2D eigenvalue weighted by Gasteiger charge is -2.03. The highest BCUT2D eigenvalue weighted by Gasteiger charge is 2.08. The van der Waals surface area contributed by atoms with Crippen LogP contribution in [0, 0.1) is 6.92 Å². The Balaban J connectivity index is 1.94. The lowest BCUT2D eigenvalue weighted by atomic mass is 10.4. The number of thiazole rings is 1. The molecule has 0 saturated heterocycles. The van der Waals surface area contributed by atoms with E-state index in [0.29, 0.717) is 18.1 Å². The molecule has 0 unspecified atom stereocenters. The van der Waals surface area contributed by atoms with Gasteiger partial charge in [-0.1, -0.05) is 0 Å². The van der Waals surface area contributed by atoms with Crippen LogP contribution in [-0.2, 0) is 6.54 Å². The van der Waals surface area contributed by atoms with Crippen molar-refractivity contribution in [3.05, 3.63) is 34.2 Å². The molecule has 2 rings (SSSR count). The number of aromatic nitrogens is 3. The number of anilines is 1. The summed E-state index contributed by atoms with van der Waals surface area (Å²) in [6.07, 6.45) is 4.72. The van der Waals surface area contributed by atoms with Crippen LogP contribution in [0.5, 0.6) is 0 Å². The van der Waals surface area contributed by atoms with Crippen LogP contribution >= 0.6 is 11.3 Å². The normalized spacial score (nSPS) is 10.1. The molecule has 6 nitrogen and oxygen atoms in total. The summed E-state index contributed by atoms with van der Waals surface area (Å²) in [5, 5.41) is 6.60. The molecular weight excluding hydrogens is 250 g/mol. The Morgan fingerprint density at radius 1 is 1.28 bits per heavy atom. The van der Waals surface area contributed by atoms with Gasteiger partial charge in [-0.25, -0.2) is 15.0 Å². The maximum Gasteiger partial charge on any atom is 0.271 e. The Morgan fingerprint density at radius 3 is 2.67 bits per heavy atom. The summed E-state index contributed by atoms with van der Waals surface area (Å²) < 4.78 is 0. The third-order valence-electron chi connectivity index (χ3n) is 2.23. The monoisotopic (exact) mass is 263 g/mol. The first-order valence-corrected chi connectivity index (χ1v) is 6.20. The van der Waals surface area contributed by atoms with E-state index in [4.69, 9.17) is 0 Å². The molecule has 2 aromatic rings. The Labute approximate surface area is 109 Å². The van der Waals surface area contributed by atoms with Gasteiger partial charge in [-0.05, 0) is 6.92 Å². The first-order valence-electron chi connectivity index (χ1n) is 5.38. The highest BCUT2D eigenvalue weighted by atomic mass is 32.1. The van der Waals surface area contributed by atoms with E-state index in [-0.39, 0.29) is 5.91 Å². The molecule has 0 atom stereocenters. The minimum atomic E-state index is -0.240. The van der Waals surface area contributed by atoms with E-state index in [1.807, 2.05) is 6.92 Å². The molecule has 0 aliphatic heterocycles. The smallest absolute Gasteiger partial charge is 0.271 e. The van der Waals surface area contributed by atoms with Gasteiger partial charge >= 0.3 is 0 Å². The van der Waals surface area contributed by atoms with Crippen molar-refractivity contribution in [3.63, 3.8) is 0 Å². The van der Waals surface area contributed by atoms with Gasteiger partial charge in [0, 0.05) is 18.1 Å². The van der Waals surface area contributed by atoms with Crippen molar-refractivity contribution in [3.8, 4) is 0 Å². The van der Waals surface area contributed by atoms with Crippen LogP contribution in [0.1, 0.15) is 20.4 Å². The van der Waals surface area contributed by atoms with Gasteiger partial charge in [0.1, 0.15) is 11.5 Å². The topological polar surface area (TPSA) is 79.8 Å². The number of rotatable bonds is 4. The Morgan fingerprint density at radius 2 is 2.11 bits per heavy atom. The van der Waals surface area contributed by atoms with Crippen LogP contribution in [0.15, 0.2) is 18.6 Å². The molecule has 94 valence electrons. The van der Waals surface area contributed by atoms with Gasteiger partial charge < -0.3 is 10.6 Å². The van der Waals surface area contributed by atoms with Crippen molar-refractivity contribution < 1.29 is 4.79 Å². The van der Waals surface area contributed by atoms with Crippen molar-refractivity contribution in [1.29, 1.82) is 0 Å². The second-order valence-corrected chi connectivity index (χ2v) is 4.88. The van der Waals surface area contributed by atoms with E-state index in [1.165, 1.54) is 12.4 Å². The molecule has 0 fully saturated rings. The Kier molecular flexibility index (Phi) is 3.83. The number of carbonyl (C=O) groups is 1. The van der Waals surface area contributed by atoms with Crippen LogP contribution in [0.4, 0.5) is 5.82 Å². The summed E-state index contributed by atoms with van der Waals surface area (Å²) in [4.78, 5) is 25.0. The molecule has 0 aromatic carbocycles. The van der Waals surface area contributed by atoms with Crippen molar-refractivity contribution in [2.75, 3.05) is 12.4 Å². The van der Waals surface area contributed by atoms with Crippen molar-refractivity contribution >= 4 is 23.1 Å². The summed E-state index contributed by atoms with van der Waals surface area (Å²) >= 11 is 1.56. The maximum atomic E-state index is 11.8. The first kappa shape index (κ1) is 12.4. The van der Waals surface area contributed by atoms with Crippen molar-refractivity contribution in [2.24, 2.45) is 0 Å². The van der Waals surface area contributed by atoms with E-state index in [9.17, 15) is 4.79 Å².